The van der Waals surface area contributed by atoms with Crippen LogP contribution in [0.3, 0.4) is 0 Å². The number of rotatable bonds is 4. The van der Waals surface area contributed by atoms with Crippen LogP contribution in [0.1, 0.15) is 12.8 Å². The molecule has 134 valence electrons. The molecule has 26 heavy (non-hydrogen) atoms. The highest BCUT2D eigenvalue weighted by Gasteiger charge is 2.39. The number of thioether (sulfide) groups is 1. The van der Waals surface area contributed by atoms with Crippen LogP contribution >= 0.6 is 23.4 Å². The Morgan fingerprint density at radius 1 is 1.31 bits per heavy atom. The molecule has 1 aliphatic heterocycles. The largest absolute Gasteiger partial charge is 0.323 e. The van der Waals surface area contributed by atoms with Gasteiger partial charge in [-0.05, 0) is 25.0 Å². The van der Waals surface area contributed by atoms with E-state index in [0.717, 1.165) is 17.5 Å². The molecule has 2 amide bonds. The van der Waals surface area contributed by atoms with Gasteiger partial charge in [-0.3, -0.25) is 14.4 Å². The molecule has 2 heterocycles. The second-order valence-corrected chi connectivity index (χ2v) is 7.56. The molecule has 1 fully saturated rings. The number of aromatic nitrogens is 2. The maximum Gasteiger partial charge on any atom is 0.292 e. The maximum atomic E-state index is 12.8. The van der Waals surface area contributed by atoms with Crippen molar-refractivity contribution in [2.24, 2.45) is 0 Å². The molecule has 2 aromatic rings. The predicted octanol–water partition coefficient (Wildman–Crippen LogP) is 2.14. The van der Waals surface area contributed by atoms with Crippen molar-refractivity contribution in [1.82, 2.24) is 9.78 Å². The zero-order valence-electron chi connectivity index (χ0n) is 13.6. The molecule has 1 aromatic heterocycles. The highest BCUT2D eigenvalue weighted by Crippen LogP contribution is 2.38. The number of halogens is 1. The summed E-state index contributed by atoms with van der Waals surface area (Å²) in [7, 11) is 0. The van der Waals surface area contributed by atoms with Crippen molar-refractivity contribution in [3.63, 3.8) is 0 Å². The van der Waals surface area contributed by atoms with E-state index in [-0.39, 0.29) is 18.5 Å². The number of anilines is 2. The number of nitrogens with zero attached hydrogens (tertiary/aromatic N) is 3. The van der Waals surface area contributed by atoms with Gasteiger partial charge in [0.05, 0.1) is 27.6 Å². The molecule has 1 N–H and O–H groups in total. The zero-order chi connectivity index (χ0) is 18.3. The molecule has 4 rings (SSSR count). The highest BCUT2D eigenvalue weighted by atomic mass is 35.5. The first-order chi connectivity index (χ1) is 12.5. The Morgan fingerprint density at radius 3 is 2.81 bits per heavy atom. The van der Waals surface area contributed by atoms with Gasteiger partial charge < -0.3 is 10.2 Å². The summed E-state index contributed by atoms with van der Waals surface area (Å²) in [5.41, 5.74) is 0.383. The number of carbonyl (C=O) groups is 2. The molecular formula is C17H15ClN4O3S. The van der Waals surface area contributed by atoms with Gasteiger partial charge in [0.25, 0.3) is 5.56 Å². The zero-order valence-corrected chi connectivity index (χ0v) is 15.2. The minimum absolute atomic E-state index is 0.0691. The number of para-hydroxylation sites is 1. The topological polar surface area (TPSA) is 84.3 Å². The van der Waals surface area contributed by atoms with E-state index < -0.39 is 11.5 Å². The third-order valence-electron chi connectivity index (χ3n) is 4.20. The van der Waals surface area contributed by atoms with Crippen molar-refractivity contribution in [3.8, 4) is 0 Å². The van der Waals surface area contributed by atoms with Gasteiger partial charge >= 0.3 is 0 Å². The lowest BCUT2D eigenvalue weighted by molar-refractivity contribution is -0.117. The Kier molecular flexibility index (Phi) is 4.46. The molecule has 0 saturated heterocycles. The van der Waals surface area contributed by atoms with Crippen molar-refractivity contribution in [2.45, 2.75) is 30.3 Å². The fourth-order valence-corrected chi connectivity index (χ4v) is 3.89. The molecule has 0 spiro atoms. The molecule has 1 saturated carbocycles. The van der Waals surface area contributed by atoms with E-state index in [1.54, 1.807) is 35.4 Å². The van der Waals surface area contributed by atoms with Crippen LogP contribution in [0.15, 0.2) is 40.2 Å². The quantitative estimate of drug-likeness (QED) is 0.864. The molecule has 0 atom stereocenters. The van der Waals surface area contributed by atoms with Crippen LogP contribution in [-0.2, 0) is 16.1 Å². The smallest absolute Gasteiger partial charge is 0.292 e. The fourth-order valence-electron chi connectivity index (χ4n) is 2.84. The molecule has 7 nitrogen and oxygen atoms in total. The Labute approximate surface area is 158 Å². The Hall–Kier alpha value is -2.32. The lowest BCUT2D eigenvalue weighted by Crippen LogP contribution is -2.43. The monoisotopic (exact) mass is 390 g/mol. The average Bonchev–Trinajstić information content (AvgIpc) is 3.44. The van der Waals surface area contributed by atoms with Crippen molar-refractivity contribution in [2.75, 3.05) is 16.0 Å². The number of hydrogen-bond donors (Lipinski definition) is 1. The first-order valence-corrected chi connectivity index (χ1v) is 9.50. The van der Waals surface area contributed by atoms with E-state index in [0.29, 0.717) is 27.0 Å². The lowest BCUT2D eigenvalue weighted by atomic mass is 10.3. The first kappa shape index (κ1) is 17.1. The van der Waals surface area contributed by atoms with Crippen LogP contribution in [0.5, 0.6) is 0 Å². The van der Waals surface area contributed by atoms with Crippen molar-refractivity contribution in [1.29, 1.82) is 0 Å². The van der Waals surface area contributed by atoms with Gasteiger partial charge in [0, 0.05) is 6.04 Å². The predicted molar refractivity (Wildman–Crippen MR) is 99.8 cm³/mol. The summed E-state index contributed by atoms with van der Waals surface area (Å²) in [6, 6.07) is 6.93. The molecule has 1 aliphatic carbocycles. The highest BCUT2D eigenvalue weighted by molar-refractivity contribution is 8.00. The van der Waals surface area contributed by atoms with Gasteiger partial charge in [-0.1, -0.05) is 23.7 Å². The van der Waals surface area contributed by atoms with Crippen LogP contribution in [0.4, 0.5) is 11.4 Å². The van der Waals surface area contributed by atoms with Gasteiger partial charge in [-0.25, -0.2) is 4.68 Å². The fraction of sp³-hybridized carbons (Fsp3) is 0.294. The molecule has 1 aromatic carbocycles. The Morgan fingerprint density at radius 2 is 2.08 bits per heavy atom. The summed E-state index contributed by atoms with van der Waals surface area (Å²) in [4.78, 5) is 39.6. The number of fused-ring (bicyclic) bond motifs is 1. The van der Waals surface area contributed by atoms with E-state index in [1.807, 2.05) is 0 Å². The number of benzene rings is 1. The normalized spacial score (nSPS) is 16.3. The molecule has 2 aliphatic rings. The van der Waals surface area contributed by atoms with Crippen LogP contribution in [0, 0.1) is 0 Å². The summed E-state index contributed by atoms with van der Waals surface area (Å²) in [6.07, 6.45) is 3.33. The number of hydrogen-bond acceptors (Lipinski definition) is 5. The summed E-state index contributed by atoms with van der Waals surface area (Å²) in [6.45, 7) is -0.255. The molecule has 0 unspecified atom stereocenters. The van der Waals surface area contributed by atoms with E-state index in [9.17, 15) is 14.4 Å². The first-order valence-electron chi connectivity index (χ1n) is 8.14. The minimum atomic E-state index is -0.427. The van der Waals surface area contributed by atoms with E-state index in [1.165, 1.54) is 11.8 Å². The van der Waals surface area contributed by atoms with Crippen molar-refractivity contribution < 1.29 is 9.59 Å². The van der Waals surface area contributed by atoms with Crippen LogP contribution in [-0.4, -0.2) is 33.4 Å². The van der Waals surface area contributed by atoms with Gasteiger partial charge in [-0.2, -0.15) is 5.10 Å². The SMILES string of the molecule is O=C(Cn1ncc2c(c1=O)N(C1CC1)C(=O)CS2)Nc1ccccc1Cl. The van der Waals surface area contributed by atoms with Crippen LogP contribution in [0.2, 0.25) is 5.02 Å². The van der Waals surface area contributed by atoms with Gasteiger partial charge in [0.15, 0.2) is 0 Å². The lowest BCUT2D eigenvalue weighted by Gasteiger charge is -2.28. The molecule has 9 heteroatoms. The third kappa shape index (κ3) is 3.22. The molecule has 0 bridgehead atoms. The number of amides is 2. The minimum Gasteiger partial charge on any atom is -0.323 e. The number of nitrogens with one attached hydrogen (secondary N) is 1. The summed E-state index contributed by atoms with van der Waals surface area (Å²) in [5.74, 6) is -0.178. The van der Waals surface area contributed by atoms with Crippen LogP contribution < -0.4 is 15.8 Å². The average molecular weight is 391 g/mol. The molecular weight excluding hydrogens is 376 g/mol. The van der Waals surface area contributed by atoms with Crippen molar-refractivity contribution in [3.05, 3.63) is 45.8 Å². The summed E-state index contributed by atoms with van der Waals surface area (Å²) < 4.78 is 1.08. The third-order valence-corrected chi connectivity index (χ3v) is 5.53. The number of carbonyl (C=O) groups excluding carboxylic acids is 2. The van der Waals surface area contributed by atoms with Gasteiger partial charge in [0.2, 0.25) is 11.8 Å². The standard InChI is InChI=1S/C17H15ClN4O3S/c18-11-3-1-2-4-12(11)20-14(23)8-21-17(25)16-13(7-19-21)26-9-15(24)22(16)10-5-6-10/h1-4,7,10H,5-6,8-9H2,(H,20,23). The van der Waals surface area contributed by atoms with Gasteiger partial charge in [-0.15, -0.1) is 11.8 Å². The Bertz CT molecular complexity index is 957. The second kappa shape index (κ2) is 6.77. The van der Waals surface area contributed by atoms with Crippen molar-refractivity contribution >= 4 is 46.6 Å². The molecule has 0 radical (unpaired) electrons. The Balaban J connectivity index is 1.60. The summed E-state index contributed by atoms with van der Waals surface area (Å²) >= 11 is 7.34. The van der Waals surface area contributed by atoms with E-state index in [4.69, 9.17) is 11.6 Å². The van der Waals surface area contributed by atoms with E-state index >= 15 is 0 Å². The van der Waals surface area contributed by atoms with E-state index in [2.05, 4.69) is 10.4 Å². The maximum absolute atomic E-state index is 12.8. The second-order valence-electron chi connectivity index (χ2n) is 6.13. The van der Waals surface area contributed by atoms with Crippen LogP contribution in [0.25, 0.3) is 0 Å². The van der Waals surface area contributed by atoms with Gasteiger partial charge in [0.1, 0.15) is 12.2 Å². The summed E-state index contributed by atoms with van der Waals surface area (Å²) in [5, 5.41) is 7.16.